The summed E-state index contributed by atoms with van der Waals surface area (Å²) < 4.78 is 10.8. The van der Waals surface area contributed by atoms with E-state index in [1.807, 2.05) is 6.07 Å². The van der Waals surface area contributed by atoms with Crippen molar-refractivity contribution in [3.05, 3.63) is 35.6 Å². The third-order valence-electron chi connectivity index (χ3n) is 3.60. The Morgan fingerprint density at radius 3 is 2.90 bits per heavy atom. The van der Waals surface area contributed by atoms with Crippen LogP contribution in [0.5, 0.6) is 0 Å². The fraction of sp³-hybridized carbons (Fsp3) is 0.429. The molecule has 2 atom stereocenters. The molecular formula is C14H15N5O2. The van der Waals surface area contributed by atoms with Crippen LogP contribution in [0.3, 0.4) is 0 Å². The number of hydrogen-bond donors (Lipinski definition) is 0. The molecule has 3 rings (SSSR count). The zero-order chi connectivity index (χ0) is 14.8. The van der Waals surface area contributed by atoms with Crippen molar-refractivity contribution >= 4 is 5.82 Å². The monoisotopic (exact) mass is 285 g/mol. The molecule has 1 aliphatic rings. The molecule has 108 valence electrons. The van der Waals surface area contributed by atoms with Crippen LogP contribution >= 0.6 is 0 Å². The van der Waals surface area contributed by atoms with Crippen LogP contribution in [0, 0.1) is 18.3 Å². The van der Waals surface area contributed by atoms with Gasteiger partial charge in [0, 0.05) is 26.3 Å². The normalized spacial score (nSPS) is 21.5. The maximum atomic E-state index is 8.85. The van der Waals surface area contributed by atoms with Gasteiger partial charge in [-0.05, 0) is 19.1 Å². The van der Waals surface area contributed by atoms with Crippen molar-refractivity contribution < 1.29 is 9.26 Å². The summed E-state index contributed by atoms with van der Waals surface area (Å²) in [6, 6.07) is 5.58. The predicted octanol–water partition coefficient (Wildman–Crippen LogP) is 1.61. The van der Waals surface area contributed by atoms with Crippen LogP contribution in [0.4, 0.5) is 5.82 Å². The number of hydrogen-bond acceptors (Lipinski definition) is 7. The SMILES string of the molecule is CO[C@@H]1C[C@H](c2nc(C)no2)N(c2ccc(C#N)cn2)C1. The van der Waals surface area contributed by atoms with E-state index in [1.165, 1.54) is 0 Å². The molecule has 2 aromatic rings. The van der Waals surface area contributed by atoms with Crippen molar-refractivity contribution in [3.63, 3.8) is 0 Å². The third kappa shape index (κ3) is 2.58. The Balaban J connectivity index is 1.91. The highest BCUT2D eigenvalue weighted by atomic mass is 16.5. The number of pyridine rings is 1. The van der Waals surface area contributed by atoms with E-state index in [0.717, 1.165) is 12.2 Å². The van der Waals surface area contributed by atoms with E-state index in [1.54, 1.807) is 26.3 Å². The summed E-state index contributed by atoms with van der Waals surface area (Å²) in [4.78, 5) is 10.7. The number of anilines is 1. The average Bonchev–Trinajstić information content (AvgIpc) is 3.13. The van der Waals surface area contributed by atoms with Crippen LogP contribution in [0.1, 0.15) is 29.7 Å². The van der Waals surface area contributed by atoms with Crippen molar-refractivity contribution in [1.29, 1.82) is 5.26 Å². The van der Waals surface area contributed by atoms with Crippen molar-refractivity contribution in [2.75, 3.05) is 18.6 Å². The van der Waals surface area contributed by atoms with Crippen LogP contribution in [0.2, 0.25) is 0 Å². The third-order valence-corrected chi connectivity index (χ3v) is 3.60. The van der Waals surface area contributed by atoms with Crippen molar-refractivity contribution in [1.82, 2.24) is 15.1 Å². The molecule has 0 bridgehead atoms. The lowest BCUT2D eigenvalue weighted by atomic mass is 10.2. The number of nitrogens with zero attached hydrogens (tertiary/aromatic N) is 5. The molecule has 2 aromatic heterocycles. The van der Waals surface area contributed by atoms with Crippen LogP contribution in [0.25, 0.3) is 0 Å². The molecule has 1 aliphatic heterocycles. The van der Waals surface area contributed by atoms with Crippen LogP contribution < -0.4 is 4.90 Å². The van der Waals surface area contributed by atoms with E-state index in [-0.39, 0.29) is 12.1 Å². The average molecular weight is 285 g/mol. The first kappa shape index (κ1) is 13.5. The van der Waals surface area contributed by atoms with Gasteiger partial charge in [-0.2, -0.15) is 10.2 Å². The fourth-order valence-electron chi connectivity index (χ4n) is 2.53. The van der Waals surface area contributed by atoms with Crippen molar-refractivity contribution in [2.24, 2.45) is 0 Å². The number of rotatable bonds is 3. The topological polar surface area (TPSA) is 88.1 Å². The zero-order valence-corrected chi connectivity index (χ0v) is 11.9. The second kappa shape index (κ2) is 5.50. The highest BCUT2D eigenvalue weighted by Crippen LogP contribution is 2.35. The maximum absolute atomic E-state index is 8.85. The second-order valence-corrected chi connectivity index (χ2v) is 4.96. The molecule has 0 radical (unpaired) electrons. The summed E-state index contributed by atoms with van der Waals surface area (Å²) >= 11 is 0. The van der Waals surface area contributed by atoms with Crippen LogP contribution in [-0.4, -0.2) is 34.9 Å². The summed E-state index contributed by atoms with van der Waals surface area (Å²) in [6.45, 7) is 2.49. The van der Waals surface area contributed by atoms with Crippen LogP contribution in [0.15, 0.2) is 22.9 Å². The van der Waals surface area contributed by atoms with E-state index in [2.05, 4.69) is 26.1 Å². The predicted molar refractivity (Wildman–Crippen MR) is 73.5 cm³/mol. The molecule has 0 saturated carbocycles. The van der Waals surface area contributed by atoms with Gasteiger partial charge in [0.25, 0.3) is 0 Å². The first-order valence-corrected chi connectivity index (χ1v) is 6.67. The second-order valence-electron chi connectivity index (χ2n) is 4.96. The minimum absolute atomic E-state index is 0.0587. The number of aromatic nitrogens is 3. The lowest BCUT2D eigenvalue weighted by Gasteiger charge is -2.22. The minimum Gasteiger partial charge on any atom is -0.380 e. The first-order valence-electron chi connectivity index (χ1n) is 6.67. The minimum atomic E-state index is -0.0587. The van der Waals surface area contributed by atoms with Gasteiger partial charge in [0.2, 0.25) is 5.89 Å². The van der Waals surface area contributed by atoms with Gasteiger partial charge in [-0.15, -0.1) is 0 Å². The number of methoxy groups -OCH3 is 1. The van der Waals surface area contributed by atoms with Gasteiger partial charge in [-0.1, -0.05) is 5.16 Å². The number of ether oxygens (including phenoxy) is 1. The van der Waals surface area contributed by atoms with Gasteiger partial charge >= 0.3 is 0 Å². The molecule has 7 nitrogen and oxygen atoms in total. The van der Waals surface area contributed by atoms with Gasteiger partial charge in [-0.25, -0.2) is 4.98 Å². The van der Waals surface area contributed by atoms with E-state index in [9.17, 15) is 0 Å². The lowest BCUT2D eigenvalue weighted by Crippen LogP contribution is -2.25. The summed E-state index contributed by atoms with van der Waals surface area (Å²) in [5, 5.41) is 12.7. The smallest absolute Gasteiger partial charge is 0.249 e. The highest BCUT2D eigenvalue weighted by Gasteiger charge is 2.37. The van der Waals surface area contributed by atoms with E-state index in [0.29, 0.717) is 23.8 Å². The summed E-state index contributed by atoms with van der Waals surface area (Å²) in [6.07, 6.45) is 2.41. The van der Waals surface area contributed by atoms with E-state index < -0.39 is 0 Å². The zero-order valence-electron chi connectivity index (χ0n) is 11.9. The highest BCUT2D eigenvalue weighted by molar-refractivity contribution is 5.45. The van der Waals surface area contributed by atoms with E-state index >= 15 is 0 Å². The molecule has 7 heteroatoms. The number of aryl methyl sites for hydroxylation is 1. The number of nitriles is 1. The Morgan fingerprint density at radius 1 is 1.48 bits per heavy atom. The Hall–Kier alpha value is -2.46. The molecular weight excluding hydrogens is 270 g/mol. The molecule has 0 aromatic carbocycles. The van der Waals surface area contributed by atoms with Gasteiger partial charge in [-0.3, -0.25) is 0 Å². The van der Waals surface area contributed by atoms with Crippen molar-refractivity contribution in [3.8, 4) is 6.07 Å². The largest absolute Gasteiger partial charge is 0.380 e. The summed E-state index contributed by atoms with van der Waals surface area (Å²) in [5.74, 6) is 1.95. The standard InChI is InChI=1S/C14H15N5O2/c1-9-17-14(21-18-9)12-5-11(20-2)8-19(12)13-4-3-10(6-15)7-16-13/h3-4,7,11-12H,5,8H2,1-2H3/t11-,12-/m1/s1. The molecule has 0 N–H and O–H groups in total. The van der Waals surface area contributed by atoms with Crippen molar-refractivity contribution in [2.45, 2.75) is 25.5 Å². The molecule has 0 spiro atoms. The van der Waals surface area contributed by atoms with Gasteiger partial charge in [0.1, 0.15) is 17.9 Å². The fourth-order valence-corrected chi connectivity index (χ4v) is 2.53. The lowest BCUT2D eigenvalue weighted by molar-refractivity contribution is 0.117. The summed E-state index contributed by atoms with van der Waals surface area (Å²) in [5.41, 5.74) is 0.534. The maximum Gasteiger partial charge on any atom is 0.249 e. The summed E-state index contributed by atoms with van der Waals surface area (Å²) in [7, 11) is 1.69. The van der Waals surface area contributed by atoms with Crippen LogP contribution in [-0.2, 0) is 4.74 Å². The Labute approximate surface area is 122 Å². The van der Waals surface area contributed by atoms with Gasteiger partial charge in [0.05, 0.1) is 11.7 Å². The first-order chi connectivity index (χ1) is 10.2. The molecule has 0 amide bonds. The molecule has 21 heavy (non-hydrogen) atoms. The van der Waals surface area contributed by atoms with Gasteiger partial charge in [0.15, 0.2) is 5.82 Å². The van der Waals surface area contributed by atoms with E-state index in [4.69, 9.17) is 14.5 Å². The molecule has 0 unspecified atom stereocenters. The Morgan fingerprint density at radius 2 is 2.33 bits per heavy atom. The van der Waals surface area contributed by atoms with Gasteiger partial charge < -0.3 is 14.2 Å². The molecule has 1 saturated heterocycles. The Kier molecular flexibility index (Phi) is 3.54. The molecule has 0 aliphatic carbocycles. The quantitative estimate of drug-likeness (QED) is 0.846. The Bertz CT molecular complexity index is 661. The molecule has 1 fully saturated rings. The molecule has 3 heterocycles.